The summed E-state index contributed by atoms with van der Waals surface area (Å²) in [6.45, 7) is 21.9. The van der Waals surface area contributed by atoms with Crippen molar-refractivity contribution in [2.75, 3.05) is 13.7 Å². The minimum absolute atomic E-state index is 0.0429. The summed E-state index contributed by atoms with van der Waals surface area (Å²) < 4.78 is 37.8. The molecule has 1 heterocycles. The van der Waals surface area contributed by atoms with E-state index in [1.807, 2.05) is 36.4 Å². The largest absolute Gasteiger partial charge is 0.455 e. The first-order valence-corrected chi connectivity index (χ1v) is 18.5. The number of hydrogen-bond acceptors (Lipinski definition) is 9. The molecule has 1 aliphatic rings. The van der Waals surface area contributed by atoms with Gasteiger partial charge in [0.1, 0.15) is 6.10 Å². The minimum Gasteiger partial charge on any atom is -0.455 e. The lowest BCUT2D eigenvalue weighted by Crippen LogP contribution is -2.69. The second-order valence-electron chi connectivity index (χ2n) is 16.6. The minimum atomic E-state index is -3.08. The number of carbonyl (C=O) groups excluding carboxylic acids is 3. The molecule has 0 saturated carbocycles. The molecule has 0 bridgehead atoms. The number of esters is 3. The summed E-state index contributed by atoms with van der Waals surface area (Å²) in [4.78, 5) is 40.3. The van der Waals surface area contributed by atoms with Crippen molar-refractivity contribution >= 4 is 36.6 Å². The van der Waals surface area contributed by atoms with Gasteiger partial charge in [0.25, 0.3) is 8.32 Å². The molecule has 1 aliphatic heterocycles. The molecule has 0 aliphatic carbocycles. The summed E-state index contributed by atoms with van der Waals surface area (Å²) in [5, 5.41) is 1.75. The monoisotopic (exact) mass is 684 g/mol. The van der Waals surface area contributed by atoms with E-state index in [9.17, 15) is 14.4 Å². The van der Waals surface area contributed by atoms with Crippen LogP contribution >= 0.6 is 0 Å². The number of benzene rings is 2. The maximum absolute atomic E-state index is 13.6. The van der Waals surface area contributed by atoms with Crippen LogP contribution in [0.1, 0.15) is 83.1 Å². The lowest BCUT2D eigenvalue weighted by Gasteiger charge is -2.48. The molecule has 0 amide bonds. The van der Waals surface area contributed by atoms with Crippen molar-refractivity contribution < 1.29 is 42.5 Å². The molecule has 3 rings (SSSR count). The van der Waals surface area contributed by atoms with Gasteiger partial charge in [-0.25, -0.2) is 0 Å². The number of methoxy groups -OCH3 is 1. The van der Waals surface area contributed by atoms with Gasteiger partial charge in [0.05, 0.1) is 22.9 Å². The van der Waals surface area contributed by atoms with Crippen molar-refractivity contribution in [3.05, 3.63) is 60.7 Å². The van der Waals surface area contributed by atoms with E-state index in [0.717, 1.165) is 10.4 Å². The molecule has 9 nitrogen and oxygen atoms in total. The molecule has 0 aromatic heterocycles. The summed E-state index contributed by atoms with van der Waals surface area (Å²) >= 11 is 0. The SMILES string of the molecule is CO[C@H]1OC(CO[Si](c2ccccc2)(c2ccccc2)C(C)(C)C)[C@@H](OC(=O)C(C)(C)C)[C@@H](OC(=O)C(C)(C)C)C1OC(=O)C(C)(C)C. The number of hydrogen-bond donors (Lipinski definition) is 0. The Labute approximate surface area is 288 Å². The van der Waals surface area contributed by atoms with E-state index < -0.39 is 73.2 Å². The number of rotatable bonds is 9. The third-order valence-electron chi connectivity index (χ3n) is 8.27. The molecule has 5 atom stereocenters. The molecule has 2 aromatic carbocycles. The van der Waals surface area contributed by atoms with Gasteiger partial charge in [-0.05, 0) is 77.7 Å². The fourth-order valence-corrected chi connectivity index (χ4v) is 10.0. The molecule has 10 heteroatoms. The zero-order valence-electron chi connectivity index (χ0n) is 31.0. The lowest BCUT2D eigenvalue weighted by atomic mass is 9.93. The van der Waals surface area contributed by atoms with Gasteiger partial charge < -0.3 is 28.1 Å². The fraction of sp³-hybridized carbons (Fsp3) is 0.605. The van der Waals surface area contributed by atoms with Crippen LogP contribution in [0.15, 0.2) is 60.7 Å². The summed E-state index contributed by atoms with van der Waals surface area (Å²) in [7, 11) is -1.65. The molecule has 2 unspecified atom stereocenters. The van der Waals surface area contributed by atoms with Crippen LogP contribution in [-0.4, -0.2) is 70.6 Å². The Morgan fingerprint density at radius 2 is 0.979 bits per heavy atom. The highest BCUT2D eigenvalue weighted by Gasteiger charge is 2.56. The zero-order valence-corrected chi connectivity index (χ0v) is 32.0. The predicted molar refractivity (Wildman–Crippen MR) is 187 cm³/mol. The van der Waals surface area contributed by atoms with Crippen LogP contribution in [0.2, 0.25) is 5.04 Å². The fourth-order valence-electron chi connectivity index (χ4n) is 5.47. The smallest absolute Gasteiger partial charge is 0.311 e. The van der Waals surface area contributed by atoms with Crippen LogP contribution in [0.3, 0.4) is 0 Å². The van der Waals surface area contributed by atoms with Gasteiger partial charge in [-0.2, -0.15) is 0 Å². The maximum Gasteiger partial charge on any atom is 0.311 e. The zero-order chi connectivity index (χ0) is 36.3. The van der Waals surface area contributed by atoms with Crippen LogP contribution in [0.5, 0.6) is 0 Å². The van der Waals surface area contributed by atoms with Gasteiger partial charge in [-0.3, -0.25) is 14.4 Å². The van der Waals surface area contributed by atoms with E-state index in [1.165, 1.54) is 7.11 Å². The quantitative estimate of drug-likeness (QED) is 0.184. The van der Waals surface area contributed by atoms with E-state index in [4.69, 9.17) is 28.1 Å². The van der Waals surface area contributed by atoms with Crippen molar-refractivity contribution in [3.63, 3.8) is 0 Å². The normalized spacial score (nSPS) is 22.5. The third-order valence-corrected chi connectivity index (χ3v) is 13.3. The summed E-state index contributed by atoms with van der Waals surface area (Å²) in [5.41, 5.74) is -2.71. The Kier molecular flexibility index (Phi) is 12.2. The molecule has 266 valence electrons. The average Bonchev–Trinajstić information content (AvgIpc) is 2.98. The Bertz CT molecular complexity index is 1340. The van der Waals surface area contributed by atoms with E-state index in [-0.39, 0.29) is 11.6 Å². The second kappa shape index (κ2) is 14.8. The van der Waals surface area contributed by atoms with E-state index in [2.05, 4.69) is 45.0 Å². The molecule has 1 saturated heterocycles. The maximum atomic E-state index is 13.6. The average molecular weight is 685 g/mol. The molecule has 0 N–H and O–H groups in total. The van der Waals surface area contributed by atoms with E-state index >= 15 is 0 Å². The highest BCUT2D eigenvalue weighted by molar-refractivity contribution is 6.99. The topological polar surface area (TPSA) is 107 Å². The van der Waals surface area contributed by atoms with Crippen LogP contribution in [0.4, 0.5) is 0 Å². The van der Waals surface area contributed by atoms with Gasteiger partial charge in [0, 0.05) is 7.11 Å². The predicted octanol–water partition coefficient (Wildman–Crippen LogP) is 5.81. The Balaban J connectivity index is 2.21. The molecule has 0 radical (unpaired) electrons. The second-order valence-corrected chi connectivity index (χ2v) is 20.9. The van der Waals surface area contributed by atoms with Gasteiger partial charge >= 0.3 is 17.9 Å². The van der Waals surface area contributed by atoms with Crippen LogP contribution in [0.25, 0.3) is 0 Å². The van der Waals surface area contributed by atoms with E-state index in [1.54, 1.807) is 62.3 Å². The van der Waals surface area contributed by atoms with Crippen molar-refractivity contribution in [1.82, 2.24) is 0 Å². The first-order valence-electron chi connectivity index (χ1n) is 16.6. The highest BCUT2D eigenvalue weighted by atomic mass is 28.4. The molecule has 2 aromatic rings. The number of carbonyl (C=O) groups is 3. The third kappa shape index (κ3) is 8.94. The first kappa shape index (κ1) is 39.4. The summed E-state index contributed by atoms with van der Waals surface area (Å²) in [6, 6.07) is 20.3. The molecule has 1 fully saturated rings. The van der Waals surface area contributed by atoms with Crippen molar-refractivity contribution in [2.24, 2.45) is 16.2 Å². The molecule has 0 spiro atoms. The van der Waals surface area contributed by atoms with Crippen molar-refractivity contribution in [2.45, 2.75) is 119 Å². The Hall–Kier alpha value is -3.05. The van der Waals surface area contributed by atoms with Crippen LogP contribution < -0.4 is 10.4 Å². The van der Waals surface area contributed by atoms with Gasteiger partial charge in [-0.1, -0.05) is 81.4 Å². The van der Waals surface area contributed by atoms with Crippen molar-refractivity contribution in [1.29, 1.82) is 0 Å². The molecular weight excluding hydrogens is 628 g/mol. The summed E-state index contributed by atoms with van der Waals surface area (Å²) in [5.74, 6) is -1.66. The lowest BCUT2D eigenvalue weighted by molar-refractivity contribution is -0.305. The van der Waals surface area contributed by atoms with Gasteiger partial charge in [0.2, 0.25) is 0 Å². The number of ether oxygens (including phenoxy) is 5. The van der Waals surface area contributed by atoms with Gasteiger partial charge in [-0.15, -0.1) is 0 Å². The Morgan fingerprint density at radius 3 is 1.33 bits per heavy atom. The first-order chi connectivity index (χ1) is 22.0. The molecule has 48 heavy (non-hydrogen) atoms. The summed E-state index contributed by atoms with van der Waals surface area (Å²) in [6.07, 6.45) is -5.84. The van der Waals surface area contributed by atoms with Crippen LogP contribution in [0, 0.1) is 16.2 Å². The Morgan fingerprint density at radius 1 is 0.604 bits per heavy atom. The highest BCUT2D eigenvalue weighted by Crippen LogP contribution is 2.39. The molecular formula is C38H56O9Si. The van der Waals surface area contributed by atoms with Crippen molar-refractivity contribution in [3.8, 4) is 0 Å². The van der Waals surface area contributed by atoms with Gasteiger partial charge in [0.15, 0.2) is 24.6 Å². The van der Waals surface area contributed by atoms with E-state index in [0.29, 0.717) is 0 Å². The standard InChI is InChI=1S/C38H56O9Si/c1-35(2,3)32(39)45-28-27(24-43-48(38(10,11)12,25-20-16-14-17-21-25)26-22-18-15-19-23-26)44-31(42-13)30(47-34(41)37(7,8)9)29(28)46-33(40)36(4,5)6/h14-23,27-31H,24H2,1-13H3/t27?,28-,29-,30?,31+/m1/s1. The van der Waals surface area contributed by atoms with Crippen LogP contribution in [-0.2, 0) is 42.5 Å².